The number of pyridine rings is 1. The van der Waals surface area contributed by atoms with Crippen molar-refractivity contribution in [1.29, 1.82) is 0 Å². The van der Waals surface area contributed by atoms with Crippen molar-refractivity contribution in [3.8, 4) is 28.1 Å². The lowest BCUT2D eigenvalue weighted by molar-refractivity contribution is 0.0240. The van der Waals surface area contributed by atoms with Crippen LogP contribution in [0.3, 0.4) is 0 Å². The molecule has 2 aliphatic heterocycles. The van der Waals surface area contributed by atoms with E-state index in [1.54, 1.807) is 49.9 Å². The maximum absolute atomic E-state index is 16.2. The number of rotatable bonds is 7. The zero-order valence-electron chi connectivity index (χ0n) is 27.0. The number of carbonyl (C=O) groups is 1. The van der Waals surface area contributed by atoms with Crippen molar-refractivity contribution >= 4 is 39.3 Å². The fourth-order valence-corrected chi connectivity index (χ4v) is 7.22. The molecule has 1 atom stereocenters. The van der Waals surface area contributed by atoms with Crippen molar-refractivity contribution in [2.75, 3.05) is 48.9 Å². The SMILES string of the molecule is CC(C)(C)OC(=O)N1CCN(c2ccc(-n3cc(-c4cc(Cl)cc(NS(=O)(=O)N5CC[C@@H](F)C5)c4F)c(-c4ccncc4)n3)cc2F)CC1. The first-order valence-corrected chi connectivity index (χ1v) is 17.4. The molecule has 6 rings (SSSR count). The summed E-state index contributed by atoms with van der Waals surface area (Å²) in [7, 11) is -4.27. The van der Waals surface area contributed by atoms with E-state index >= 15 is 8.78 Å². The Hall–Kier alpha value is -4.34. The van der Waals surface area contributed by atoms with Crippen molar-refractivity contribution in [2.24, 2.45) is 0 Å². The van der Waals surface area contributed by atoms with Crippen LogP contribution < -0.4 is 9.62 Å². The number of hydrogen-bond donors (Lipinski definition) is 1. The quantitative estimate of drug-likeness (QED) is 0.239. The molecule has 0 aliphatic carbocycles. The van der Waals surface area contributed by atoms with Gasteiger partial charge in [-0.05, 0) is 63.6 Å². The summed E-state index contributed by atoms with van der Waals surface area (Å²) in [5.41, 5.74) is 0.717. The van der Waals surface area contributed by atoms with Crippen LogP contribution in [0.1, 0.15) is 27.2 Å². The van der Waals surface area contributed by atoms with E-state index < -0.39 is 45.4 Å². The molecule has 4 heterocycles. The molecule has 0 spiro atoms. The molecule has 0 unspecified atom stereocenters. The van der Waals surface area contributed by atoms with Crippen LogP contribution in [0, 0.1) is 11.6 Å². The summed E-state index contributed by atoms with van der Waals surface area (Å²) in [5.74, 6) is -1.44. The van der Waals surface area contributed by atoms with Gasteiger partial charge in [-0.3, -0.25) is 9.71 Å². The van der Waals surface area contributed by atoms with Crippen LogP contribution in [-0.4, -0.2) is 89.5 Å². The van der Waals surface area contributed by atoms with E-state index in [1.807, 2.05) is 4.90 Å². The summed E-state index contributed by atoms with van der Waals surface area (Å²) in [5, 5.41) is 4.70. The van der Waals surface area contributed by atoms with Gasteiger partial charge in [0.25, 0.3) is 0 Å². The largest absolute Gasteiger partial charge is 0.444 e. The Bertz CT molecular complexity index is 1970. The molecule has 4 aromatic rings. The molecule has 0 radical (unpaired) electrons. The standard InChI is InChI=1S/C33H35ClF3N7O4S/c1-33(2,3)48-32(45)42-14-12-41(13-15-42)29-5-4-24(18-27(29)36)44-20-26(31(39-44)21-6-9-38-10-7-21)25-16-22(34)17-28(30(25)37)40-49(46,47)43-11-8-23(35)19-43/h4-7,9-10,16-18,20,23,40H,8,11-15,19H2,1-3H3/t23-/m1/s1. The molecule has 16 heteroatoms. The predicted molar refractivity (Wildman–Crippen MR) is 181 cm³/mol. The molecule has 1 amide bonds. The monoisotopic (exact) mass is 717 g/mol. The topological polar surface area (TPSA) is 113 Å². The van der Waals surface area contributed by atoms with Crippen molar-refractivity contribution in [3.63, 3.8) is 0 Å². The first kappa shape index (κ1) is 34.5. The molecule has 2 aromatic heterocycles. The Kier molecular flexibility index (Phi) is 9.52. The van der Waals surface area contributed by atoms with Crippen molar-refractivity contribution in [3.05, 3.63) is 77.7 Å². The number of benzene rings is 2. The summed E-state index contributed by atoms with van der Waals surface area (Å²) in [6.45, 7) is 6.56. The third kappa shape index (κ3) is 7.63. The number of ether oxygens (including phenoxy) is 1. The first-order chi connectivity index (χ1) is 23.2. The smallest absolute Gasteiger partial charge is 0.410 e. The lowest BCUT2D eigenvalue weighted by atomic mass is 10.0. The Morgan fingerprint density at radius 3 is 2.35 bits per heavy atom. The summed E-state index contributed by atoms with van der Waals surface area (Å²) in [6.07, 6.45) is 2.91. The molecule has 2 aliphatic rings. The number of carbonyl (C=O) groups excluding carboxylic acids is 1. The van der Waals surface area contributed by atoms with E-state index in [0.717, 1.165) is 10.4 Å². The Labute approximate surface area is 287 Å². The second-order valence-corrected chi connectivity index (χ2v) is 14.9. The van der Waals surface area contributed by atoms with E-state index in [4.69, 9.17) is 16.3 Å². The highest BCUT2D eigenvalue weighted by Crippen LogP contribution is 2.38. The number of piperazine rings is 1. The maximum atomic E-state index is 16.2. The zero-order chi connectivity index (χ0) is 35.1. The van der Waals surface area contributed by atoms with Crippen molar-refractivity contribution in [2.45, 2.75) is 39.0 Å². The second-order valence-electron chi connectivity index (χ2n) is 12.8. The molecule has 11 nitrogen and oxygen atoms in total. The van der Waals surface area contributed by atoms with Crippen LogP contribution in [0.25, 0.3) is 28.1 Å². The van der Waals surface area contributed by atoms with Gasteiger partial charge in [-0.25, -0.2) is 22.6 Å². The molecule has 2 saturated heterocycles. The van der Waals surface area contributed by atoms with Gasteiger partial charge in [0.15, 0.2) is 5.82 Å². The molecule has 49 heavy (non-hydrogen) atoms. The second kappa shape index (κ2) is 13.5. The first-order valence-electron chi connectivity index (χ1n) is 15.6. The zero-order valence-corrected chi connectivity index (χ0v) is 28.6. The highest BCUT2D eigenvalue weighted by molar-refractivity contribution is 7.90. The van der Waals surface area contributed by atoms with Crippen LogP contribution in [-0.2, 0) is 14.9 Å². The minimum Gasteiger partial charge on any atom is -0.444 e. The summed E-state index contributed by atoms with van der Waals surface area (Å²) < 4.78 is 81.5. The number of halogens is 4. The molecular formula is C33H35ClF3N7O4S. The van der Waals surface area contributed by atoms with Crippen LogP contribution in [0.15, 0.2) is 61.1 Å². The molecular weight excluding hydrogens is 683 g/mol. The van der Waals surface area contributed by atoms with Gasteiger partial charge >= 0.3 is 16.3 Å². The normalized spacial score (nSPS) is 17.4. The molecule has 2 aromatic carbocycles. The molecule has 260 valence electrons. The van der Waals surface area contributed by atoms with Gasteiger partial charge in [0, 0.05) is 85.6 Å². The average molecular weight is 718 g/mol. The Balaban J connectivity index is 1.30. The molecule has 1 N–H and O–H groups in total. The van der Waals surface area contributed by atoms with Crippen LogP contribution >= 0.6 is 11.6 Å². The number of nitrogens with one attached hydrogen (secondary N) is 1. The van der Waals surface area contributed by atoms with Crippen molar-refractivity contribution < 1.29 is 31.1 Å². The molecule has 0 bridgehead atoms. The summed E-state index contributed by atoms with van der Waals surface area (Å²) >= 11 is 6.38. The van der Waals surface area contributed by atoms with E-state index in [2.05, 4.69) is 14.8 Å². The number of amides is 1. The highest BCUT2D eigenvalue weighted by atomic mass is 35.5. The van der Waals surface area contributed by atoms with Gasteiger partial charge in [0.1, 0.15) is 23.3 Å². The van der Waals surface area contributed by atoms with Crippen LogP contribution in [0.2, 0.25) is 5.02 Å². The van der Waals surface area contributed by atoms with E-state index in [-0.39, 0.29) is 35.7 Å². The van der Waals surface area contributed by atoms with E-state index in [1.165, 1.54) is 35.4 Å². The van der Waals surface area contributed by atoms with Gasteiger partial charge in [-0.2, -0.15) is 17.8 Å². The van der Waals surface area contributed by atoms with E-state index in [0.29, 0.717) is 48.8 Å². The number of alkyl halides is 1. The van der Waals surface area contributed by atoms with E-state index in [9.17, 15) is 17.6 Å². The molecule has 0 saturated carbocycles. The Morgan fingerprint density at radius 2 is 1.71 bits per heavy atom. The number of hydrogen-bond acceptors (Lipinski definition) is 7. The third-order valence-electron chi connectivity index (χ3n) is 8.14. The van der Waals surface area contributed by atoms with Gasteiger partial charge in [0.05, 0.1) is 17.1 Å². The Morgan fingerprint density at radius 1 is 1.00 bits per heavy atom. The average Bonchev–Trinajstić information content (AvgIpc) is 3.70. The number of aromatic nitrogens is 3. The lowest BCUT2D eigenvalue weighted by Crippen LogP contribution is -2.50. The fourth-order valence-electron chi connectivity index (χ4n) is 5.75. The number of nitrogens with zero attached hydrogens (tertiary/aromatic N) is 6. The van der Waals surface area contributed by atoms with Gasteiger partial charge in [-0.1, -0.05) is 11.6 Å². The van der Waals surface area contributed by atoms with Crippen molar-refractivity contribution in [1.82, 2.24) is 24.0 Å². The van der Waals surface area contributed by atoms with Crippen LogP contribution in [0.4, 0.5) is 29.3 Å². The highest BCUT2D eigenvalue weighted by Gasteiger charge is 2.33. The lowest BCUT2D eigenvalue weighted by Gasteiger charge is -2.36. The van der Waals surface area contributed by atoms with Gasteiger partial charge in [0.2, 0.25) is 0 Å². The van der Waals surface area contributed by atoms with Crippen LogP contribution in [0.5, 0.6) is 0 Å². The van der Waals surface area contributed by atoms with Gasteiger partial charge < -0.3 is 14.5 Å². The third-order valence-corrected chi connectivity index (χ3v) is 9.84. The minimum atomic E-state index is -4.27. The summed E-state index contributed by atoms with van der Waals surface area (Å²) in [6, 6.07) is 10.4. The number of anilines is 2. The maximum Gasteiger partial charge on any atom is 0.410 e. The minimum absolute atomic E-state index is 0.0366. The predicted octanol–water partition coefficient (Wildman–Crippen LogP) is 6.29. The molecule has 2 fully saturated rings. The summed E-state index contributed by atoms with van der Waals surface area (Å²) in [4.78, 5) is 19.9. The van der Waals surface area contributed by atoms with Gasteiger partial charge in [-0.15, -0.1) is 0 Å². The fraction of sp³-hybridized carbons (Fsp3) is 0.364.